The first kappa shape index (κ1) is 23.8. The molecule has 1 saturated heterocycles. The molecule has 32 heavy (non-hydrogen) atoms. The van der Waals surface area contributed by atoms with E-state index in [1.165, 1.54) is 12.1 Å². The monoisotopic (exact) mass is 462 g/mol. The van der Waals surface area contributed by atoms with Crippen molar-refractivity contribution in [2.75, 3.05) is 51.6 Å². The minimum Gasteiger partial charge on any atom is -0.336 e. The van der Waals surface area contributed by atoms with Gasteiger partial charge < -0.3 is 15.1 Å². The van der Waals surface area contributed by atoms with Crippen LogP contribution in [0.1, 0.15) is 17.3 Å². The number of hydrogen-bond acceptors (Lipinski definition) is 5. The largest absolute Gasteiger partial charge is 0.336 e. The Morgan fingerprint density at radius 1 is 1.00 bits per heavy atom. The van der Waals surface area contributed by atoms with E-state index < -0.39 is 28.3 Å². The van der Waals surface area contributed by atoms with Gasteiger partial charge >= 0.3 is 0 Å². The first-order valence-electron chi connectivity index (χ1n) is 10.3. The fourth-order valence-corrected chi connectivity index (χ4v) is 4.78. The average Bonchev–Trinajstić information content (AvgIpc) is 2.78. The lowest BCUT2D eigenvalue weighted by Gasteiger charge is -2.32. The van der Waals surface area contributed by atoms with Gasteiger partial charge in [0, 0.05) is 44.0 Å². The topological polar surface area (TPSA) is 90.0 Å². The maximum atomic E-state index is 13.1. The number of rotatable bonds is 7. The molecule has 1 aliphatic rings. The lowest BCUT2D eigenvalue weighted by atomic mass is 10.1. The summed E-state index contributed by atoms with van der Waals surface area (Å²) < 4.78 is 39.6. The normalized spacial score (nSPS) is 15.1. The molecular weight excluding hydrogens is 435 g/mol. The van der Waals surface area contributed by atoms with Crippen molar-refractivity contribution in [2.45, 2.75) is 11.8 Å². The first-order valence-corrected chi connectivity index (χ1v) is 11.8. The van der Waals surface area contributed by atoms with Crippen LogP contribution in [0.5, 0.6) is 0 Å². The second kappa shape index (κ2) is 10.2. The van der Waals surface area contributed by atoms with Crippen LogP contribution in [0.3, 0.4) is 0 Å². The van der Waals surface area contributed by atoms with Crippen molar-refractivity contribution < 1.29 is 22.4 Å². The van der Waals surface area contributed by atoms with Crippen molar-refractivity contribution in [1.29, 1.82) is 0 Å². The summed E-state index contributed by atoms with van der Waals surface area (Å²) in [5.74, 6) is -1.12. The molecule has 0 atom stereocenters. The molecule has 1 fully saturated rings. The summed E-state index contributed by atoms with van der Waals surface area (Å²) in [6.07, 6.45) is 0. The molecule has 0 aliphatic carbocycles. The van der Waals surface area contributed by atoms with Crippen LogP contribution < -0.4 is 5.32 Å². The summed E-state index contributed by atoms with van der Waals surface area (Å²) in [6.45, 7) is 4.30. The molecule has 172 valence electrons. The van der Waals surface area contributed by atoms with Gasteiger partial charge in [-0.3, -0.25) is 9.59 Å². The molecule has 1 heterocycles. The first-order chi connectivity index (χ1) is 15.2. The highest BCUT2D eigenvalue weighted by molar-refractivity contribution is 7.89. The Morgan fingerprint density at radius 3 is 2.16 bits per heavy atom. The summed E-state index contributed by atoms with van der Waals surface area (Å²) in [6, 6.07) is 11.0. The number of sulfonamides is 1. The van der Waals surface area contributed by atoms with Crippen LogP contribution in [0.25, 0.3) is 0 Å². The van der Waals surface area contributed by atoms with Crippen molar-refractivity contribution in [3.05, 3.63) is 59.9 Å². The van der Waals surface area contributed by atoms with Crippen molar-refractivity contribution in [2.24, 2.45) is 0 Å². The van der Waals surface area contributed by atoms with E-state index in [0.717, 1.165) is 29.5 Å². The number of carbonyl (C=O) groups excluding carboxylic acids is 2. The van der Waals surface area contributed by atoms with Crippen LogP contribution in [-0.4, -0.2) is 80.7 Å². The minimum absolute atomic E-state index is 0.0569. The van der Waals surface area contributed by atoms with Crippen LogP contribution in [0, 0.1) is 5.82 Å². The number of carbonyl (C=O) groups is 2. The number of hydrogen-bond donors (Lipinski definition) is 1. The van der Waals surface area contributed by atoms with Gasteiger partial charge in [-0.15, -0.1) is 0 Å². The quantitative estimate of drug-likeness (QED) is 0.679. The smallest absolute Gasteiger partial charge is 0.253 e. The minimum atomic E-state index is -3.94. The number of amides is 2. The van der Waals surface area contributed by atoms with Crippen LogP contribution in [0.2, 0.25) is 0 Å². The molecule has 0 bridgehead atoms. The predicted octanol–water partition coefficient (Wildman–Crippen LogP) is 1.86. The van der Waals surface area contributed by atoms with E-state index in [9.17, 15) is 22.4 Å². The standard InChI is InChI=1S/C22H27FN4O4S/c1-3-27(32(30,31)20-10-6-18(23)7-11-20)16-21(28)24-19-8-4-17(5-9-19)22(29)26-14-12-25(2)13-15-26/h4-11H,3,12-16H2,1-2H3,(H,24,28). The Kier molecular flexibility index (Phi) is 7.60. The second-order valence-electron chi connectivity index (χ2n) is 7.61. The molecule has 2 aromatic carbocycles. The third kappa shape index (κ3) is 5.70. The number of piperazine rings is 1. The van der Waals surface area contributed by atoms with Crippen LogP contribution in [-0.2, 0) is 14.8 Å². The van der Waals surface area contributed by atoms with Crippen molar-refractivity contribution in [3.8, 4) is 0 Å². The molecule has 0 radical (unpaired) electrons. The summed E-state index contributed by atoms with van der Waals surface area (Å²) in [4.78, 5) is 28.9. The highest BCUT2D eigenvalue weighted by atomic mass is 32.2. The van der Waals surface area contributed by atoms with Crippen LogP contribution >= 0.6 is 0 Å². The van der Waals surface area contributed by atoms with Gasteiger partial charge in [0.25, 0.3) is 5.91 Å². The van der Waals surface area contributed by atoms with E-state index in [1.807, 2.05) is 7.05 Å². The molecule has 1 aliphatic heterocycles. The molecule has 1 N–H and O–H groups in total. The number of nitrogens with zero attached hydrogens (tertiary/aromatic N) is 3. The Labute approximate surface area is 187 Å². The lowest BCUT2D eigenvalue weighted by Crippen LogP contribution is -2.47. The highest BCUT2D eigenvalue weighted by Gasteiger charge is 2.25. The summed E-state index contributed by atoms with van der Waals surface area (Å²) in [5.41, 5.74) is 0.988. The molecule has 2 aromatic rings. The van der Waals surface area contributed by atoms with Crippen molar-refractivity contribution in [3.63, 3.8) is 0 Å². The number of likely N-dealkylation sites (N-methyl/N-ethyl adjacent to an activating group) is 2. The molecule has 3 rings (SSSR count). The molecule has 8 nitrogen and oxygen atoms in total. The van der Waals surface area contributed by atoms with E-state index in [4.69, 9.17) is 0 Å². The zero-order valence-electron chi connectivity index (χ0n) is 18.1. The van der Waals surface area contributed by atoms with Gasteiger partial charge in [0.05, 0.1) is 11.4 Å². The van der Waals surface area contributed by atoms with E-state index in [2.05, 4.69) is 10.2 Å². The predicted molar refractivity (Wildman–Crippen MR) is 119 cm³/mol. The molecule has 10 heteroatoms. The number of anilines is 1. The van der Waals surface area contributed by atoms with Gasteiger partial charge in [0.1, 0.15) is 5.82 Å². The third-order valence-corrected chi connectivity index (χ3v) is 7.27. The molecular formula is C22H27FN4O4S. The maximum absolute atomic E-state index is 13.1. The molecule has 0 saturated carbocycles. The van der Waals surface area contributed by atoms with Crippen molar-refractivity contribution >= 4 is 27.5 Å². The van der Waals surface area contributed by atoms with E-state index in [-0.39, 0.29) is 17.3 Å². The third-order valence-electron chi connectivity index (χ3n) is 5.33. The fourth-order valence-electron chi connectivity index (χ4n) is 3.37. The Morgan fingerprint density at radius 2 is 1.59 bits per heavy atom. The zero-order chi connectivity index (χ0) is 23.3. The van der Waals surface area contributed by atoms with E-state index >= 15 is 0 Å². The lowest BCUT2D eigenvalue weighted by molar-refractivity contribution is -0.116. The second-order valence-corrected chi connectivity index (χ2v) is 9.54. The van der Waals surface area contributed by atoms with Crippen molar-refractivity contribution in [1.82, 2.24) is 14.1 Å². The number of halogens is 1. The summed E-state index contributed by atoms with van der Waals surface area (Å²) in [5, 5.41) is 2.65. The van der Waals surface area contributed by atoms with Gasteiger partial charge in [-0.2, -0.15) is 4.31 Å². The summed E-state index contributed by atoms with van der Waals surface area (Å²) >= 11 is 0. The number of benzene rings is 2. The van der Waals surface area contributed by atoms with Gasteiger partial charge in [-0.25, -0.2) is 12.8 Å². The zero-order valence-corrected chi connectivity index (χ0v) is 18.9. The van der Waals surface area contributed by atoms with Crippen LogP contribution in [0.15, 0.2) is 53.4 Å². The molecule has 0 unspecified atom stereocenters. The van der Waals surface area contributed by atoms with Gasteiger partial charge in [0.15, 0.2) is 0 Å². The number of nitrogens with one attached hydrogen (secondary N) is 1. The molecule has 2 amide bonds. The molecule has 0 spiro atoms. The SMILES string of the molecule is CCN(CC(=O)Nc1ccc(C(=O)N2CCN(C)CC2)cc1)S(=O)(=O)c1ccc(F)cc1. The maximum Gasteiger partial charge on any atom is 0.253 e. The average molecular weight is 463 g/mol. The fraction of sp³-hybridized carbons (Fsp3) is 0.364. The van der Waals surface area contributed by atoms with Crippen LogP contribution in [0.4, 0.5) is 10.1 Å². The Balaban J connectivity index is 1.61. The van der Waals surface area contributed by atoms with E-state index in [1.54, 1.807) is 36.1 Å². The highest BCUT2D eigenvalue weighted by Crippen LogP contribution is 2.17. The summed E-state index contributed by atoms with van der Waals surface area (Å²) in [7, 11) is -1.92. The Bertz CT molecular complexity index is 1050. The van der Waals surface area contributed by atoms with Gasteiger partial charge in [-0.1, -0.05) is 6.92 Å². The van der Waals surface area contributed by atoms with Gasteiger partial charge in [-0.05, 0) is 55.6 Å². The Hall–Kier alpha value is -2.82. The van der Waals surface area contributed by atoms with E-state index in [0.29, 0.717) is 24.3 Å². The molecule has 0 aromatic heterocycles. The van der Waals surface area contributed by atoms with Gasteiger partial charge in [0.2, 0.25) is 15.9 Å².